The van der Waals surface area contributed by atoms with E-state index >= 15 is 0 Å². The van der Waals surface area contributed by atoms with E-state index in [-0.39, 0.29) is 5.97 Å². The summed E-state index contributed by atoms with van der Waals surface area (Å²) in [5, 5.41) is 0. The third-order valence-corrected chi connectivity index (χ3v) is 3.32. The Labute approximate surface area is 106 Å². The van der Waals surface area contributed by atoms with E-state index in [9.17, 15) is 4.79 Å². The first-order chi connectivity index (χ1) is 8.24. The Morgan fingerprint density at radius 3 is 2.29 bits per heavy atom. The zero-order valence-electron chi connectivity index (χ0n) is 11.5. The highest BCUT2D eigenvalue weighted by Crippen LogP contribution is 2.17. The van der Waals surface area contributed by atoms with Crippen molar-refractivity contribution in [2.75, 3.05) is 6.61 Å². The Hall–Kier alpha value is -0.790. The molecule has 100 valence electrons. The third kappa shape index (κ3) is 10.1. The van der Waals surface area contributed by atoms with Crippen LogP contribution >= 0.6 is 0 Å². The topological polar surface area (TPSA) is 26.3 Å². The maximum atomic E-state index is 10.7. The van der Waals surface area contributed by atoms with Crippen LogP contribution in [0.1, 0.15) is 65.2 Å². The Kier molecular flexibility index (Phi) is 11.1. The molecule has 0 bridgehead atoms. The van der Waals surface area contributed by atoms with Gasteiger partial charge in [0.2, 0.25) is 0 Å². The molecule has 2 nitrogen and oxygen atoms in total. The van der Waals surface area contributed by atoms with Crippen molar-refractivity contribution in [2.24, 2.45) is 5.92 Å². The highest BCUT2D eigenvalue weighted by atomic mass is 16.5. The second-order valence-electron chi connectivity index (χ2n) is 4.61. The summed E-state index contributed by atoms with van der Waals surface area (Å²) in [4.78, 5) is 10.7. The predicted octanol–water partition coefficient (Wildman–Crippen LogP) is 4.49. The van der Waals surface area contributed by atoms with Crippen LogP contribution in [0.15, 0.2) is 12.7 Å². The molecular weight excluding hydrogens is 212 g/mol. The van der Waals surface area contributed by atoms with Crippen LogP contribution in [0.3, 0.4) is 0 Å². The zero-order chi connectivity index (χ0) is 12.9. The van der Waals surface area contributed by atoms with E-state index < -0.39 is 0 Å². The quantitative estimate of drug-likeness (QED) is 0.302. The molecule has 0 amide bonds. The van der Waals surface area contributed by atoms with Gasteiger partial charge in [-0.05, 0) is 12.3 Å². The average molecular weight is 240 g/mol. The molecule has 0 N–H and O–H groups in total. The molecule has 0 atom stereocenters. The van der Waals surface area contributed by atoms with Crippen molar-refractivity contribution in [3.8, 4) is 0 Å². The fourth-order valence-electron chi connectivity index (χ4n) is 1.99. The normalized spacial score (nSPS) is 10.5. The van der Waals surface area contributed by atoms with E-state index in [1.54, 1.807) is 0 Å². The van der Waals surface area contributed by atoms with Gasteiger partial charge in [-0.25, -0.2) is 4.79 Å². The first kappa shape index (κ1) is 16.2. The lowest BCUT2D eigenvalue weighted by molar-refractivity contribution is -0.137. The molecule has 0 saturated carbocycles. The van der Waals surface area contributed by atoms with Crippen LogP contribution < -0.4 is 0 Å². The van der Waals surface area contributed by atoms with Gasteiger partial charge in [-0.15, -0.1) is 0 Å². The molecule has 17 heavy (non-hydrogen) atoms. The van der Waals surface area contributed by atoms with Crippen molar-refractivity contribution in [1.29, 1.82) is 0 Å². The van der Waals surface area contributed by atoms with E-state index in [0.717, 1.165) is 18.8 Å². The Morgan fingerprint density at radius 1 is 1.12 bits per heavy atom. The van der Waals surface area contributed by atoms with Gasteiger partial charge in [0.1, 0.15) is 0 Å². The fourth-order valence-corrected chi connectivity index (χ4v) is 1.99. The molecule has 0 saturated heterocycles. The van der Waals surface area contributed by atoms with Crippen LogP contribution in [0, 0.1) is 5.92 Å². The monoisotopic (exact) mass is 240 g/mol. The van der Waals surface area contributed by atoms with Crippen molar-refractivity contribution in [1.82, 2.24) is 0 Å². The van der Waals surface area contributed by atoms with Crippen LogP contribution in [0.2, 0.25) is 0 Å². The Balaban J connectivity index is 3.18. The number of hydrogen-bond acceptors (Lipinski definition) is 2. The molecule has 0 aliphatic rings. The van der Waals surface area contributed by atoms with Gasteiger partial charge in [-0.2, -0.15) is 0 Å². The zero-order valence-corrected chi connectivity index (χ0v) is 11.5. The molecule has 0 aromatic carbocycles. The molecule has 0 radical (unpaired) electrons. The van der Waals surface area contributed by atoms with Crippen molar-refractivity contribution in [3.05, 3.63) is 12.7 Å². The number of carbonyl (C=O) groups excluding carboxylic acids is 1. The van der Waals surface area contributed by atoms with Crippen LogP contribution in [-0.2, 0) is 9.53 Å². The van der Waals surface area contributed by atoms with Gasteiger partial charge in [-0.3, -0.25) is 0 Å². The molecule has 0 heterocycles. The first-order valence-corrected chi connectivity index (χ1v) is 7.03. The van der Waals surface area contributed by atoms with Crippen molar-refractivity contribution in [2.45, 2.75) is 65.2 Å². The number of rotatable bonds is 11. The summed E-state index contributed by atoms with van der Waals surface area (Å²) in [5.41, 5.74) is 0. The van der Waals surface area contributed by atoms with Crippen LogP contribution in [-0.4, -0.2) is 12.6 Å². The minimum Gasteiger partial charge on any atom is -0.463 e. The summed E-state index contributed by atoms with van der Waals surface area (Å²) < 4.78 is 4.91. The summed E-state index contributed by atoms with van der Waals surface area (Å²) in [6.45, 7) is 8.46. The molecule has 0 rings (SSSR count). The molecule has 0 spiro atoms. The second-order valence-corrected chi connectivity index (χ2v) is 4.61. The molecule has 0 aromatic rings. The molecule has 0 fully saturated rings. The highest BCUT2D eigenvalue weighted by Gasteiger charge is 2.02. The average Bonchev–Trinajstić information content (AvgIpc) is 2.36. The summed E-state index contributed by atoms with van der Waals surface area (Å²) in [6.07, 6.45) is 11.3. The highest BCUT2D eigenvalue weighted by molar-refractivity contribution is 5.81. The second kappa shape index (κ2) is 11.7. The van der Waals surface area contributed by atoms with Crippen LogP contribution in [0.5, 0.6) is 0 Å². The van der Waals surface area contributed by atoms with Gasteiger partial charge in [-0.1, -0.05) is 65.4 Å². The van der Waals surface area contributed by atoms with E-state index in [4.69, 9.17) is 4.74 Å². The minimum absolute atomic E-state index is 0.307. The summed E-state index contributed by atoms with van der Waals surface area (Å²) in [7, 11) is 0. The summed E-state index contributed by atoms with van der Waals surface area (Å²) in [6, 6.07) is 0. The maximum Gasteiger partial charge on any atom is 0.330 e. The lowest BCUT2D eigenvalue weighted by atomic mass is 9.96. The molecule has 2 heteroatoms. The minimum atomic E-state index is -0.307. The van der Waals surface area contributed by atoms with Gasteiger partial charge in [0.25, 0.3) is 0 Å². The van der Waals surface area contributed by atoms with Crippen molar-refractivity contribution >= 4 is 5.97 Å². The van der Waals surface area contributed by atoms with Gasteiger partial charge >= 0.3 is 5.97 Å². The molecule has 0 aliphatic heterocycles. The number of unbranched alkanes of at least 4 members (excludes halogenated alkanes) is 4. The van der Waals surface area contributed by atoms with E-state index in [0.29, 0.717) is 6.61 Å². The Bertz CT molecular complexity index is 195. The Morgan fingerprint density at radius 2 is 1.71 bits per heavy atom. The number of ether oxygens (including phenoxy) is 1. The van der Waals surface area contributed by atoms with Gasteiger partial charge in [0.05, 0.1) is 6.61 Å². The van der Waals surface area contributed by atoms with Crippen molar-refractivity contribution < 1.29 is 9.53 Å². The SMILES string of the molecule is C=CC(=O)OCCCCCCCC(CC)CC. The van der Waals surface area contributed by atoms with Gasteiger partial charge in [0, 0.05) is 6.08 Å². The van der Waals surface area contributed by atoms with Crippen molar-refractivity contribution in [3.63, 3.8) is 0 Å². The van der Waals surface area contributed by atoms with Gasteiger partial charge in [0.15, 0.2) is 0 Å². The maximum absolute atomic E-state index is 10.7. The lowest BCUT2D eigenvalue weighted by Gasteiger charge is -2.11. The van der Waals surface area contributed by atoms with Crippen LogP contribution in [0.4, 0.5) is 0 Å². The number of carbonyl (C=O) groups is 1. The lowest BCUT2D eigenvalue weighted by Crippen LogP contribution is -2.01. The third-order valence-electron chi connectivity index (χ3n) is 3.32. The van der Waals surface area contributed by atoms with E-state index in [1.165, 1.54) is 44.6 Å². The number of esters is 1. The molecular formula is C15H28O2. The summed E-state index contributed by atoms with van der Waals surface area (Å²) in [5.74, 6) is 0.613. The smallest absolute Gasteiger partial charge is 0.330 e. The predicted molar refractivity (Wildman–Crippen MR) is 72.9 cm³/mol. The first-order valence-electron chi connectivity index (χ1n) is 7.03. The fraction of sp³-hybridized carbons (Fsp3) is 0.800. The van der Waals surface area contributed by atoms with Gasteiger partial charge < -0.3 is 4.74 Å². The standard InChI is InChI=1S/C15H28O2/c1-4-14(5-2)12-10-8-7-9-11-13-17-15(16)6-3/h6,14H,3-5,7-13H2,1-2H3. The summed E-state index contributed by atoms with van der Waals surface area (Å²) >= 11 is 0. The molecule has 0 unspecified atom stereocenters. The van der Waals surface area contributed by atoms with E-state index in [1.807, 2.05) is 0 Å². The molecule has 0 aromatic heterocycles. The largest absolute Gasteiger partial charge is 0.463 e. The van der Waals surface area contributed by atoms with Crippen LogP contribution in [0.25, 0.3) is 0 Å². The van der Waals surface area contributed by atoms with E-state index in [2.05, 4.69) is 20.4 Å². The molecule has 0 aliphatic carbocycles. The number of hydrogen-bond donors (Lipinski definition) is 0.